The lowest BCUT2D eigenvalue weighted by molar-refractivity contribution is -0.120. The summed E-state index contributed by atoms with van der Waals surface area (Å²) in [5.41, 5.74) is 2.17. The van der Waals surface area contributed by atoms with Gasteiger partial charge in [-0.05, 0) is 61.9 Å². The maximum Gasteiger partial charge on any atom is 0.279 e. The van der Waals surface area contributed by atoms with Gasteiger partial charge in [-0.15, -0.1) is 0 Å². The standard InChI is InChI=1S/C24H26ClN3O2S/c1-15(29)26-17-13-18-7-8-19(14-17)28(18)12-11-16-5-9-20(10-6-16)30-24-27-22-4-2-3-21(25)23(22)31-24/h2-6,9-10,17-19H,7-8,11-14H2,1H3,(H,26,29)/t17-,18+,19-. The lowest BCUT2D eigenvalue weighted by Crippen LogP contribution is -2.50. The number of halogens is 1. The number of fused-ring (bicyclic) bond motifs is 3. The van der Waals surface area contributed by atoms with Crippen molar-refractivity contribution in [3.63, 3.8) is 0 Å². The van der Waals surface area contributed by atoms with Crippen LogP contribution < -0.4 is 10.1 Å². The molecule has 2 saturated heterocycles. The summed E-state index contributed by atoms with van der Waals surface area (Å²) in [5.74, 6) is 0.879. The number of piperidine rings is 1. The highest BCUT2D eigenvalue weighted by Gasteiger charge is 2.40. The number of hydrogen-bond donors (Lipinski definition) is 1. The van der Waals surface area contributed by atoms with Gasteiger partial charge in [0.15, 0.2) is 0 Å². The highest BCUT2D eigenvalue weighted by molar-refractivity contribution is 7.20. The Morgan fingerprint density at radius 1 is 1.19 bits per heavy atom. The number of benzene rings is 2. The van der Waals surface area contributed by atoms with Gasteiger partial charge in [0.05, 0.1) is 15.2 Å². The van der Waals surface area contributed by atoms with E-state index in [9.17, 15) is 4.79 Å². The number of nitrogens with zero attached hydrogens (tertiary/aromatic N) is 2. The van der Waals surface area contributed by atoms with Crippen LogP contribution in [0.5, 0.6) is 10.9 Å². The third-order valence-electron chi connectivity index (χ3n) is 6.43. The molecule has 2 aliphatic rings. The predicted octanol–water partition coefficient (Wildman–Crippen LogP) is 5.42. The summed E-state index contributed by atoms with van der Waals surface area (Å²) in [6, 6.07) is 15.6. The van der Waals surface area contributed by atoms with Crippen molar-refractivity contribution in [2.45, 2.75) is 57.2 Å². The zero-order valence-electron chi connectivity index (χ0n) is 17.5. The van der Waals surface area contributed by atoms with Gasteiger partial charge in [0.2, 0.25) is 5.91 Å². The molecule has 1 amide bonds. The van der Waals surface area contributed by atoms with Gasteiger partial charge in [0.25, 0.3) is 5.19 Å². The highest BCUT2D eigenvalue weighted by Crippen LogP contribution is 2.37. The number of rotatable bonds is 6. The molecule has 3 atom stereocenters. The molecule has 5 nitrogen and oxygen atoms in total. The number of hydrogen-bond acceptors (Lipinski definition) is 5. The minimum atomic E-state index is 0.0918. The van der Waals surface area contributed by atoms with Crippen LogP contribution in [0, 0.1) is 0 Å². The van der Waals surface area contributed by atoms with Crippen LogP contribution in [0.4, 0.5) is 0 Å². The summed E-state index contributed by atoms with van der Waals surface area (Å²) >= 11 is 7.71. The molecule has 2 fully saturated rings. The number of aromatic nitrogens is 1. The highest BCUT2D eigenvalue weighted by atomic mass is 35.5. The van der Waals surface area contributed by atoms with E-state index in [0.717, 1.165) is 41.8 Å². The van der Waals surface area contributed by atoms with Crippen LogP contribution in [-0.2, 0) is 11.2 Å². The molecule has 0 saturated carbocycles. The van der Waals surface area contributed by atoms with E-state index in [1.54, 1.807) is 6.92 Å². The Morgan fingerprint density at radius 3 is 2.61 bits per heavy atom. The summed E-state index contributed by atoms with van der Waals surface area (Å²) in [4.78, 5) is 18.6. The van der Waals surface area contributed by atoms with Crippen molar-refractivity contribution in [2.24, 2.45) is 0 Å². The Morgan fingerprint density at radius 2 is 1.94 bits per heavy atom. The molecule has 31 heavy (non-hydrogen) atoms. The van der Waals surface area contributed by atoms with Crippen molar-refractivity contribution in [3.8, 4) is 10.9 Å². The molecule has 0 aliphatic carbocycles. The van der Waals surface area contributed by atoms with E-state index in [2.05, 4.69) is 27.3 Å². The summed E-state index contributed by atoms with van der Waals surface area (Å²) in [5, 5.41) is 4.43. The molecule has 1 aromatic heterocycles. The molecule has 1 N–H and O–H groups in total. The molecule has 7 heteroatoms. The summed E-state index contributed by atoms with van der Waals surface area (Å²) in [6.45, 7) is 2.69. The lowest BCUT2D eigenvalue weighted by Gasteiger charge is -2.39. The normalized spacial score (nSPS) is 23.2. The lowest BCUT2D eigenvalue weighted by atomic mass is 9.96. The Hall–Kier alpha value is -2.15. The van der Waals surface area contributed by atoms with Crippen LogP contribution in [0.15, 0.2) is 42.5 Å². The Kier molecular flexibility index (Phi) is 5.87. The quantitative estimate of drug-likeness (QED) is 0.539. The second-order valence-electron chi connectivity index (χ2n) is 8.56. The van der Waals surface area contributed by atoms with Gasteiger partial charge in [-0.25, -0.2) is 4.98 Å². The fourth-order valence-corrected chi connectivity index (χ4v) is 6.19. The number of carbonyl (C=O) groups excluding carboxylic acids is 1. The molecule has 0 radical (unpaired) electrons. The molecule has 162 valence electrons. The van der Waals surface area contributed by atoms with Crippen molar-refractivity contribution in [3.05, 3.63) is 53.1 Å². The number of carbonyl (C=O) groups is 1. The molecular weight excluding hydrogens is 430 g/mol. The number of thiazole rings is 1. The Balaban J connectivity index is 1.17. The first-order chi connectivity index (χ1) is 15.0. The molecule has 0 unspecified atom stereocenters. The molecule has 2 aliphatic heterocycles. The van der Waals surface area contributed by atoms with E-state index in [4.69, 9.17) is 16.3 Å². The van der Waals surface area contributed by atoms with E-state index in [0.29, 0.717) is 28.3 Å². The summed E-state index contributed by atoms with van der Waals surface area (Å²) < 4.78 is 6.91. The second kappa shape index (κ2) is 8.77. The molecule has 5 rings (SSSR count). The SMILES string of the molecule is CC(=O)N[C@H]1C[C@H]2CC[C@@H](C1)N2CCc1ccc(Oc2nc3cccc(Cl)c3s2)cc1. The van der Waals surface area contributed by atoms with Crippen molar-refractivity contribution < 1.29 is 9.53 Å². The topological polar surface area (TPSA) is 54.5 Å². The maximum atomic E-state index is 11.4. The zero-order valence-corrected chi connectivity index (χ0v) is 19.1. The first-order valence-corrected chi connectivity index (χ1v) is 12.1. The van der Waals surface area contributed by atoms with Crippen molar-refractivity contribution in [1.29, 1.82) is 0 Å². The number of nitrogens with one attached hydrogen (secondary N) is 1. The molecule has 2 bridgehead atoms. The van der Waals surface area contributed by atoms with Crippen molar-refractivity contribution in [1.82, 2.24) is 15.2 Å². The minimum absolute atomic E-state index is 0.0918. The number of ether oxygens (including phenoxy) is 1. The van der Waals surface area contributed by atoms with Crippen LogP contribution in [0.25, 0.3) is 10.2 Å². The summed E-state index contributed by atoms with van der Waals surface area (Å²) in [6.07, 6.45) is 5.68. The first kappa shape index (κ1) is 20.7. The van der Waals surface area contributed by atoms with Crippen LogP contribution >= 0.6 is 22.9 Å². The van der Waals surface area contributed by atoms with Gasteiger partial charge in [0.1, 0.15) is 5.75 Å². The molecule has 3 aromatic rings. The maximum absolute atomic E-state index is 11.4. The van der Waals surface area contributed by atoms with Gasteiger partial charge in [-0.3, -0.25) is 9.69 Å². The second-order valence-corrected chi connectivity index (χ2v) is 9.92. The van der Waals surface area contributed by atoms with Crippen LogP contribution in [0.2, 0.25) is 5.02 Å². The van der Waals surface area contributed by atoms with Crippen LogP contribution in [-0.4, -0.2) is 40.5 Å². The third kappa shape index (κ3) is 4.56. The molecule has 0 spiro atoms. The predicted molar refractivity (Wildman–Crippen MR) is 125 cm³/mol. The van der Waals surface area contributed by atoms with Crippen LogP contribution in [0.3, 0.4) is 0 Å². The molecule has 3 heterocycles. The van der Waals surface area contributed by atoms with Gasteiger partial charge in [0, 0.05) is 31.6 Å². The van der Waals surface area contributed by atoms with Crippen molar-refractivity contribution in [2.75, 3.05) is 6.54 Å². The third-order valence-corrected chi connectivity index (χ3v) is 7.84. The molecular formula is C24H26ClN3O2S. The van der Waals surface area contributed by atoms with Gasteiger partial charge < -0.3 is 10.1 Å². The largest absolute Gasteiger partial charge is 0.431 e. The van der Waals surface area contributed by atoms with Gasteiger partial charge >= 0.3 is 0 Å². The smallest absolute Gasteiger partial charge is 0.279 e. The Bertz CT molecular complexity index is 1070. The zero-order chi connectivity index (χ0) is 21.4. The van der Waals surface area contributed by atoms with Gasteiger partial charge in [-0.1, -0.05) is 41.1 Å². The fraction of sp³-hybridized carbons (Fsp3) is 0.417. The molecule has 2 aromatic carbocycles. The average Bonchev–Trinajstić information content (AvgIpc) is 3.25. The van der Waals surface area contributed by atoms with E-state index < -0.39 is 0 Å². The van der Waals surface area contributed by atoms with E-state index in [-0.39, 0.29) is 5.91 Å². The van der Waals surface area contributed by atoms with Crippen LogP contribution in [0.1, 0.15) is 38.2 Å². The average molecular weight is 456 g/mol. The monoisotopic (exact) mass is 455 g/mol. The van der Waals surface area contributed by atoms with E-state index in [1.807, 2.05) is 30.3 Å². The van der Waals surface area contributed by atoms with Gasteiger partial charge in [-0.2, -0.15) is 0 Å². The Labute approximate surface area is 191 Å². The number of amides is 1. The fourth-order valence-electron chi connectivity index (χ4n) is 5.07. The van der Waals surface area contributed by atoms with E-state index >= 15 is 0 Å². The summed E-state index contributed by atoms with van der Waals surface area (Å²) in [7, 11) is 0. The first-order valence-electron chi connectivity index (χ1n) is 10.9. The van der Waals surface area contributed by atoms with Crippen molar-refractivity contribution >= 4 is 39.1 Å². The minimum Gasteiger partial charge on any atom is -0.431 e. The van der Waals surface area contributed by atoms with E-state index in [1.165, 1.54) is 29.7 Å².